The Labute approximate surface area is 125 Å². The molecule has 0 aromatic carbocycles. The molecule has 3 aliphatic carbocycles. The maximum atomic E-state index is 12.0. The zero-order chi connectivity index (χ0) is 15.2. The molecule has 0 heterocycles. The summed E-state index contributed by atoms with van der Waals surface area (Å²) in [6.07, 6.45) is 7.91. The van der Waals surface area contributed by atoms with Gasteiger partial charge in [0.1, 0.15) is 0 Å². The highest BCUT2D eigenvalue weighted by Gasteiger charge is 2.59. The third-order valence-electron chi connectivity index (χ3n) is 6.18. The Kier molecular flexibility index (Phi) is 3.58. The molecule has 4 nitrogen and oxygen atoms in total. The van der Waals surface area contributed by atoms with Gasteiger partial charge in [-0.05, 0) is 57.3 Å². The number of rotatable bonds is 2. The maximum absolute atomic E-state index is 12.0. The highest BCUT2D eigenvalue weighted by molar-refractivity contribution is 5.85. The lowest BCUT2D eigenvalue weighted by molar-refractivity contribution is -0.170. The van der Waals surface area contributed by atoms with Crippen molar-refractivity contribution in [3.8, 4) is 0 Å². The van der Waals surface area contributed by atoms with E-state index in [9.17, 15) is 19.8 Å². The summed E-state index contributed by atoms with van der Waals surface area (Å²) in [6.45, 7) is 1.69. The Morgan fingerprint density at radius 2 is 1.62 bits per heavy atom. The predicted molar refractivity (Wildman–Crippen MR) is 77.8 cm³/mol. The van der Waals surface area contributed by atoms with Gasteiger partial charge >= 0.3 is 11.9 Å². The number of hydrogen-bond donors (Lipinski definition) is 2. The van der Waals surface area contributed by atoms with Crippen molar-refractivity contribution >= 4 is 11.9 Å². The summed E-state index contributed by atoms with van der Waals surface area (Å²) < 4.78 is 0. The number of carboxylic acids is 2. The van der Waals surface area contributed by atoms with Gasteiger partial charge in [0.2, 0.25) is 0 Å². The molecule has 0 bridgehead atoms. The van der Waals surface area contributed by atoms with E-state index in [0.29, 0.717) is 0 Å². The maximum Gasteiger partial charge on any atom is 0.310 e. The quantitative estimate of drug-likeness (QED) is 0.764. The highest BCUT2D eigenvalue weighted by Crippen LogP contribution is 2.58. The SMILES string of the molecule is CC1(C(=O)O)C2CCCCC2=C2CCCCC2C1C(=O)O. The van der Waals surface area contributed by atoms with Crippen molar-refractivity contribution in [3.63, 3.8) is 0 Å². The number of fused-ring (bicyclic) bond motifs is 2. The second-order valence-electron chi connectivity index (χ2n) is 7.10. The van der Waals surface area contributed by atoms with Crippen LogP contribution >= 0.6 is 0 Å². The van der Waals surface area contributed by atoms with E-state index in [-0.39, 0.29) is 11.8 Å². The van der Waals surface area contributed by atoms with Crippen LogP contribution in [-0.2, 0) is 9.59 Å². The lowest BCUT2D eigenvalue weighted by Gasteiger charge is -2.51. The van der Waals surface area contributed by atoms with Crippen LogP contribution in [0, 0.1) is 23.2 Å². The van der Waals surface area contributed by atoms with E-state index in [1.54, 1.807) is 6.92 Å². The minimum absolute atomic E-state index is 0.0540. The number of allylic oxidation sites excluding steroid dienone is 2. The summed E-state index contributed by atoms with van der Waals surface area (Å²) >= 11 is 0. The first-order valence-electron chi connectivity index (χ1n) is 8.16. The molecule has 116 valence electrons. The monoisotopic (exact) mass is 292 g/mol. The van der Waals surface area contributed by atoms with Gasteiger partial charge in [-0.1, -0.05) is 24.0 Å². The van der Waals surface area contributed by atoms with E-state index in [1.165, 1.54) is 11.1 Å². The first-order valence-corrected chi connectivity index (χ1v) is 8.16. The second-order valence-corrected chi connectivity index (χ2v) is 7.10. The topological polar surface area (TPSA) is 74.6 Å². The minimum Gasteiger partial charge on any atom is -0.481 e. The second kappa shape index (κ2) is 5.15. The van der Waals surface area contributed by atoms with Gasteiger partial charge in [0.15, 0.2) is 0 Å². The molecule has 2 N–H and O–H groups in total. The van der Waals surface area contributed by atoms with Crippen LogP contribution in [0.3, 0.4) is 0 Å². The van der Waals surface area contributed by atoms with Crippen LogP contribution in [0.4, 0.5) is 0 Å². The molecular formula is C17H24O4. The standard InChI is InChI=1S/C17H24O4/c1-17(16(20)21)13-9-5-4-7-11(13)10-6-2-3-8-12(10)14(17)15(18)19/h12-14H,2-9H2,1H3,(H,18,19)(H,20,21). The smallest absolute Gasteiger partial charge is 0.310 e. The fourth-order valence-corrected chi connectivity index (χ4v) is 5.21. The number of aliphatic carboxylic acids is 2. The van der Waals surface area contributed by atoms with Gasteiger partial charge in [0.25, 0.3) is 0 Å². The molecule has 0 aliphatic heterocycles. The van der Waals surface area contributed by atoms with Gasteiger partial charge in [-0.25, -0.2) is 0 Å². The highest BCUT2D eigenvalue weighted by atomic mass is 16.4. The van der Waals surface area contributed by atoms with Crippen molar-refractivity contribution in [1.82, 2.24) is 0 Å². The molecule has 4 heteroatoms. The van der Waals surface area contributed by atoms with Gasteiger partial charge in [-0.3, -0.25) is 9.59 Å². The largest absolute Gasteiger partial charge is 0.481 e. The molecule has 0 aromatic heterocycles. The number of carboxylic acid groups (broad SMARTS) is 2. The number of carbonyl (C=O) groups is 2. The predicted octanol–water partition coefficient (Wildman–Crippen LogP) is 3.47. The fraction of sp³-hybridized carbons (Fsp3) is 0.765. The average molecular weight is 292 g/mol. The van der Waals surface area contributed by atoms with Crippen LogP contribution < -0.4 is 0 Å². The molecule has 3 rings (SSSR count). The Hall–Kier alpha value is -1.32. The van der Waals surface area contributed by atoms with Crippen LogP contribution in [0.25, 0.3) is 0 Å². The molecule has 0 amide bonds. The molecule has 4 unspecified atom stereocenters. The zero-order valence-corrected chi connectivity index (χ0v) is 12.6. The summed E-state index contributed by atoms with van der Waals surface area (Å²) in [5, 5.41) is 19.6. The molecule has 0 saturated heterocycles. The molecule has 2 saturated carbocycles. The molecule has 0 spiro atoms. The van der Waals surface area contributed by atoms with Gasteiger partial charge in [-0.2, -0.15) is 0 Å². The van der Waals surface area contributed by atoms with E-state index in [1.807, 2.05) is 0 Å². The zero-order valence-electron chi connectivity index (χ0n) is 12.6. The van der Waals surface area contributed by atoms with Crippen LogP contribution in [0.5, 0.6) is 0 Å². The Morgan fingerprint density at radius 3 is 2.24 bits per heavy atom. The van der Waals surface area contributed by atoms with Crippen molar-refractivity contribution in [3.05, 3.63) is 11.1 Å². The lowest BCUT2D eigenvalue weighted by Crippen LogP contribution is -2.54. The average Bonchev–Trinajstić information content (AvgIpc) is 2.47. The van der Waals surface area contributed by atoms with Crippen molar-refractivity contribution in [2.45, 2.75) is 58.3 Å². The minimum atomic E-state index is -1.15. The van der Waals surface area contributed by atoms with E-state index >= 15 is 0 Å². The molecule has 21 heavy (non-hydrogen) atoms. The van der Waals surface area contributed by atoms with Gasteiger partial charge in [-0.15, -0.1) is 0 Å². The van der Waals surface area contributed by atoms with Crippen molar-refractivity contribution in [1.29, 1.82) is 0 Å². The number of hydrogen-bond acceptors (Lipinski definition) is 2. The first kappa shape index (κ1) is 14.6. The van der Waals surface area contributed by atoms with Crippen molar-refractivity contribution < 1.29 is 19.8 Å². The van der Waals surface area contributed by atoms with Crippen molar-refractivity contribution in [2.75, 3.05) is 0 Å². The van der Waals surface area contributed by atoms with E-state index < -0.39 is 23.3 Å². The Balaban J connectivity index is 2.17. The molecule has 3 aliphatic rings. The molecule has 0 radical (unpaired) electrons. The van der Waals surface area contributed by atoms with E-state index in [2.05, 4.69) is 0 Å². The van der Waals surface area contributed by atoms with Crippen LogP contribution in [0.15, 0.2) is 11.1 Å². The van der Waals surface area contributed by atoms with Gasteiger partial charge in [0.05, 0.1) is 11.3 Å². The van der Waals surface area contributed by atoms with E-state index in [0.717, 1.165) is 51.4 Å². The molecular weight excluding hydrogens is 268 g/mol. The van der Waals surface area contributed by atoms with Crippen LogP contribution in [-0.4, -0.2) is 22.2 Å². The van der Waals surface area contributed by atoms with Crippen molar-refractivity contribution in [2.24, 2.45) is 23.2 Å². The first-order chi connectivity index (χ1) is 9.98. The van der Waals surface area contributed by atoms with Crippen LogP contribution in [0.1, 0.15) is 58.3 Å². The third-order valence-corrected chi connectivity index (χ3v) is 6.18. The molecule has 2 fully saturated rings. The Morgan fingerprint density at radius 1 is 1.00 bits per heavy atom. The summed E-state index contributed by atoms with van der Waals surface area (Å²) in [5.41, 5.74) is 1.48. The molecule has 4 atom stereocenters. The fourth-order valence-electron chi connectivity index (χ4n) is 5.21. The van der Waals surface area contributed by atoms with Gasteiger partial charge in [0, 0.05) is 0 Å². The lowest BCUT2D eigenvalue weighted by atomic mass is 9.50. The summed E-state index contributed by atoms with van der Waals surface area (Å²) in [4.78, 5) is 24.0. The normalized spacial score (nSPS) is 39.4. The summed E-state index contributed by atoms with van der Waals surface area (Å²) in [6, 6.07) is 0. The molecule has 0 aromatic rings. The van der Waals surface area contributed by atoms with Gasteiger partial charge < -0.3 is 10.2 Å². The van der Waals surface area contributed by atoms with Crippen LogP contribution in [0.2, 0.25) is 0 Å². The summed E-state index contributed by atoms with van der Waals surface area (Å²) in [5.74, 6) is -2.74. The van der Waals surface area contributed by atoms with E-state index in [4.69, 9.17) is 0 Å². The third kappa shape index (κ3) is 2.02. The Bertz CT molecular complexity index is 507. The summed E-state index contributed by atoms with van der Waals surface area (Å²) in [7, 11) is 0.